The van der Waals surface area contributed by atoms with Crippen LogP contribution in [-0.2, 0) is 4.79 Å². The lowest BCUT2D eigenvalue weighted by Crippen LogP contribution is -2.15. The monoisotopic (exact) mass is 304 g/mol. The van der Waals surface area contributed by atoms with E-state index in [2.05, 4.69) is 15.9 Å². The van der Waals surface area contributed by atoms with Gasteiger partial charge in [0.05, 0.1) is 11.4 Å². The highest BCUT2D eigenvalue weighted by Crippen LogP contribution is 2.24. The molecule has 1 aromatic rings. The quantitative estimate of drug-likeness (QED) is 0.867. The molecule has 0 fully saturated rings. The van der Waals surface area contributed by atoms with Crippen LogP contribution < -0.4 is 0 Å². The van der Waals surface area contributed by atoms with Gasteiger partial charge in [-0.2, -0.15) is 0 Å². The number of Topliss-reactive ketones (excluding diaryl/α,β-unsaturated/α-hetero) is 1. The molecular formula is C11H10BrClO3. The summed E-state index contributed by atoms with van der Waals surface area (Å²) >= 11 is 9.14. The zero-order chi connectivity index (χ0) is 12.3. The van der Waals surface area contributed by atoms with Gasteiger partial charge < -0.3 is 5.11 Å². The van der Waals surface area contributed by atoms with Crippen LogP contribution in [0.15, 0.2) is 22.7 Å². The van der Waals surface area contributed by atoms with E-state index in [1.54, 1.807) is 25.1 Å². The zero-order valence-corrected chi connectivity index (χ0v) is 10.9. The average molecular weight is 306 g/mol. The summed E-state index contributed by atoms with van der Waals surface area (Å²) in [5.41, 5.74) is 0.360. The first kappa shape index (κ1) is 13.2. The SMILES string of the molecule is CC(CC(=O)O)C(=O)c1ccc(Br)cc1Cl. The Labute approximate surface area is 107 Å². The maximum absolute atomic E-state index is 11.8. The Bertz CT molecular complexity index is 431. The Morgan fingerprint density at radius 3 is 2.62 bits per heavy atom. The van der Waals surface area contributed by atoms with Gasteiger partial charge in [0, 0.05) is 16.0 Å². The summed E-state index contributed by atoms with van der Waals surface area (Å²) in [6.45, 7) is 1.58. The highest BCUT2D eigenvalue weighted by molar-refractivity contribution is 9.10. The lowest BCUT2D eigenvalue weighted by atomic mass is 9.96. The van der Waals surface area contributed by atoms with Gasteiger partial charge in [0.1, 0.15) is 0 Å². The van der Waals surface area contributed by atoms with Crippen LogP contribution in [0.5, 0.6) is 0 Å². The zero-order valence-electron chi connectivity index (χ0n) is 8.54. The fourth-order valence-corrected chi connectivity index (χ4v) is 2.08. The molecule has 5 heteroatoms. The number of halogens is 2. The molecule has 0 aromatic heterocycles. The first-order valence-corrected chi connectivity index (χ1v) is 5.80. The maximum atomic E-state index is 11.8. The molecule has 1 N–H and O–H groups in total. The van der Waals surface area contributed by atoms with E-state index in [4.69, 9.17) is 16.7 Å². The third-order valence-electron chi connectivity index (χ3n) is 2.12. The summed E-state index contributed by atoms with van der Waals surface area (Å²) in [7, 11) is 0. The molecule has 0 radical (unpaired) electrons. The molecule has 0 aliphatic carbocycles. The molecule has 0 amide bonds. The number of hydrogen-bond acceptors (Lipinski definition) is 2. The fraction of sp³-hybridized carbons (Fsp3) is 0.273. The normalized spacial score (nSPS) is 12.2. The van der Waals surface area contributed by atoms with Gasteiger partial charge in [0.2, 0.25) is 0 Å². The van der Waals surface area contributed by atoms with Crippen molar-refractivity contribution in [3.8, 4) is 0 Å². The van der Waals surface area contributed by atoms with Crippen molar-refractivity contribution < 1.29 is 14.7 Å². The summed E-state index contributed by atoms with van der Waals surface area (Å²) in [5.74, 6) is -1.81. The van der Waals surface area contributed by atoms with Gasteiger partial charge >= 0.3 is 5.97 Å². The summed E-state index contributed by atoms with van der Waals surface area (Å²) in [5, 5.41) is 8.93. The summed E-state index contributed by atoms with van der Waals surface area (Å²) in [4.78, 5) is 22.3. The van der Waals surface area contributed by atoms with Gasteiger partial charge in [-0.1, -0.05) is 34.5 Å². The van der Waals surface area contributed by atoms with Crippen molar-refractivity contribution in [3.05, 3.63) is 33.3 Å². The molecule has 16 heavy (non-hydrogen) atoms. The second kappa shape index (κ2) is 5.46. The van der Waals surface area contributed by atoms with Gasteiger partial charge in [0.25, 0.3) is 0 Å². The number of rotatable bonds is 4. The van der Waals surface area contributed by atoms with Crippen molar-refractivity contribution in [2.75, 3.05) is 0 Å². The number of aliphatic carboxylic acids is 1. The molecule has 0 aliphatic heterocycles. The molecule has 86 valence electrons. The Morgan fingerprint density at radius 1 is 1.50 bits per heavy atom. The second-order valence-electron chi connectivity index (χ2n) is 3.49. The molecule has 3 nitrogen and oxygen atoms in total. The fourth-order valence-electron chi connectivity index (χ4n) is 1.31. The Morgan fingerprint density at radius 2 is 2.12 bits per heavy atom. The minimum absolute atomic E-state index is 0.189. The maximum Gasteiger partial charge on any atom is 0.304 e. The van der Waals surface area contributed by atoms with E-state index in [1.165, 1.54) is 0 Å². The third-order valence-corrected chi connectivity index (χ3v) is 2.93. The lowest BCUT2D eigenvalue weighted by molar-refractivity contribution is -0.137. The van der Waals surface area contributed by atoms with Gasteiger partial charge in [-0.15, -0.1) is 0 Å². The minimum Gasteiger partial charge on any atom is -0.481 e. The molecule has 0 bridgehead atoms. The molecule has 1 rings (SSSR count). The number of ketones is 1. The number of carbonyl (C=O) groups excluding carboxylic acids is 1. The molecule has 0 saturated heterocycles. The highest BCUT2D eigenvalue weighted by atomic mass is 79.9. The first-order chi connectivity index (χ1) is 7.41. The van der Waals surface area contributed by atoms with Gasteiger partial charge in [-0.3, -0.25) is 9.59 Å². The van der Waals surface area contributed by atoms with E-state index in [0.29, 0.717) is 10.6 Å². The molecule has 1 atom stereocenters. The van der Waals surface area contributed by atoms with Crippen LogP contribution in [0.25, 0.3) is 0 Å². The predicted octanol–water partition coefficient (Wildman–Crippen LogP) is 3.40. The standard InChI is InChI=1S/C11H10BrClO3/c1-6(4-10(14)15)11(16)8-3-2-7(12)5-9(8)13/h2-3,5-6H,4H2,1H3,(H,14,15). The van der Waals surface area contributed by atoms with E-state index in [1.807, 2.05) is 0 Å². The van der Waals surface area contributed by atoms with Crippen LogP contribution in [0.3, 0.4) is 0 Å². The largest absolute Gasteiger partial charge is 0.481 e. The van der Waals surface area contributed by atoms with Crippen LogP contribution in [0.2, 0.25) is 5.02 Å². The van der Waals surface area contributed by atoms with Gasteiger partial charge in [-0.25, -0.2) is 0 Å². The molecule has 0 saturated carbocycles. The molecule has 0 spiro atoms. The van der Waals surface area contributed by atoms with Crippen LogP contribution >= 0.6 is 27.5 Å². The number of hydrogen-bond donors (Lipinski definition) is 1. The Kier molecular flexibility index (Phi) is 4.50. The summed E-state index contributed by atoms with van der Waals surface area (Å²) in [6.07, 6.45) is -0.189. The van der Waals surface area contributed by atoms with Crippen molar-refractivity contribution in [3.63, 3.8) is 0 Å². The van der Waals surface area contributed by atoms with Crippen molar-refractivity contribution in [1.29, 1.82) is 0 Å². The third kappa shape index (κ3) is 3.32. The molecule has 1 aromatic carbocycles. The van der Waals surface area contributed by atoms with Gasteiger partial charge in [-0.05, 0) is 18.2 Å². The van der Waals surface area contributed by atoms with E-state index in [9.17, 15) is 9.59 Å². The van der Waals surface area contributed by atoms with E-state index in [0.717, 1.165) is 4.47 Å². The first-order valence-electron chi connectivity index (χ1n) is 4.63. The molecule has 0 heterocycles. The topological polar surface area (TPSA) is 54.4 Å². The number of benzene rings is 1. The number of carboxylic acid groups (broad SMARTS) is 1. The molecule has 0 aliphatic rings. The second-order valence-corrected chi connectivity index (χ2v) is 4.81. The minimum atomic E-state index is -0.992. The molecular weight excluding hydrogens is 295 g/mol. The molecule has 1 unspecified atom stereocenters. The van der Waals surface area contributed by atoms with Crippen LogP contribution in [0, 0.1) is 5.92 Å². The van der Waals surface area contributed by atoms with Gasteiger partial charge in [0.15, 0.2) is 5.78 Å². The van der Waals surface area contributed by atoms with Crippen LogP contribution in [0.1, 0.15) is 23.7 Å². The van der Waals surface area contributed by atoms with Crippen molar-refractivity contribution in [2.24, 2.45) is 5.92 Å². The van der Waals surface area contributed by atoms with Crippen LogP contribution in [-0.4, -0.2) is 16.9 Å². The summed E-state index contributed by atoms with van der Waals surface area (Å²) < 4.78 is 0.778. The van der Waals surface area contributed by atoms with Crippen molar-refractivity contribution in [1.82, 2.24) is 0 Å². The lowest BCUT2D eigenvalue weighted by Gasteiger charge is -2.09. The smallest absolute Gasteiger partial charge is 0.304 e. The Hall–Kier alpha value is -0.870. The predicted molar refractivity (Wildman–Crippen MR) is 64.9 cm³/mol. The van der Waals surface area contributed by atoms with Crippen molar-refractivity contribution in [2.45, 2.75) is 13.3 Å². The van der Waals surface area contributed by atoms with Crippen LogP contribution in [0.4, 0.5) is 0 Å². The number of carbonyl (C=O) groups is 2. The summed E-state index contributed by atoms with van der Waals surface area (Å²) in [6, 6.07) is 4.90. The highest BCUT2D eigenvalue weighted by Gasteiger charge is 2.20. The number of carboxylic acids is 1. The Balaban J connectivity index is 2.92. The van der Waals surface area contributed by atoms with Crippen molar-refractivity contribution >= 4 is 39.3 Å². The van der Waals surface area contributed by atoms with E-state index in [-0.39, 0.29) is 12.2 Å². The van der Waals surface area contributed by atoms with E-state index < -0.39 is 11.9 Å². The van der Waals surface area contributed by atoms with E-state index >= 15 is 0 Å². The average Bonchev–Trinajstić information content (AvgIpc) is 2.15.